The Bertz CT molecular complexity index is 733. The fourth-order valence-corrected chi connectivity index (χ4v) is 4.62. The Morgan fingerprint density at radius 1 is 1.48 bits per heavy atom. The first-order valence-corrected chi connectivity index (χ1v) is 8.89. The largest absolute Gasteiger partial charge is 0.396 e. The van der Waals surface area contributed by atoms with Crippen LogP contribution < -0.4 is 10.5 Å². The van der Waals surface area contributed by atoms with Gasteiger partial charge in [-0.15, -0.1) is 11.3 Å². The van der Waals surface area contributed by atoms with Gasteiger partial charge in [-0.2, -0.15) is 0 Å². The standard InChI is InChI=1S/C13H14ClFN2O2S2/c1-2-11(12-4-3-5-20-12)17-21(18,19)13-7-10(16)9(15)6-8(13)14/h3-7,11,17H,2,16H2,1H3. The molecule has 2 aromatic rings. The summed E-state index contributed by atoms with van der Waals surface area (Å²) in [6.45, 7) is 1.87. The molecule has 0 radical (unpaired) electrons. The van der Waals surface area contributed by atoms with Crippen LogP contribution in [0.2, 0.25) is 5.02 Å². The van der Waals surface area contributed by atoms with Crippen molar-refractivity contribution < 1.29 is 12.8 Å². The summed E-state index contributed by atoms with van der Waals surface area (Å²) in [7, 11) is -3.89. The van der Waals surface area contributed by atoms with Crippen LogP contribution in [0.4, 0.5) is 10.1 Å². The SMILES string of the molecule is CCC(NS(=O)(=O)c1cc(N)c(F)cc1Cl)c1cccs1. The Labute approximate surface area is 131 Å². The van der Waals surface area contributed by atoms with Gasteiger partial charge in [-0.25, -0.2) is 17.5 Å². The van der Waals surface area contributed by atoms with Gasteiger partial charge in [0.15, 0.2) is 0 Å². The molecule has 114 valence electrons. The molecular weight excluding hydrogens is 335 g/mol. The first-order chi connectivity index (χ1) is 9.85. The van der Waals surface area contributed by atoms with Crippen molar-refractivity contribution in [3.63, 3.8) is 0 Å². The van der Waals surface area contributed by atoms with Crippen LogP contribution in [0.1, 0.15) is 24.3 Å². The molecule has 0 aliphatic heterocycles. The molecule has 1 aromatic carbocycles. The van der Waals surface area contributed by atoms with Gasteiger partial charge in [0.1, 0.15) is 10.7 Å². The van der Waals surface area contributed by atoms with Crippen LogP contribution in [-0.4, -0.2) is 8.42 Å². The van der Waals surface area contributed by atoms with Gasteiger partial charge in [-0.3, -0.25) is 0 Å². The molecule has 1 aromatic heterocycles. The average Bonchev–Trinajstić information content (AvgIpc) is 2.94. The van der Waals surface area contributed by atoms with Gasteiger partial charge in [0, 0.05) is 4.88 Å². The molecule has 0 aliphatic carbocycles. The molecule has 1 heterocycles. The fraction of sp³-hybridized carbons (Fsp3) is 0.231. The van der Waals surface area contributed by atoms with Gasteiger partial charge in [0.05, 0.1) is 16.8 Å². The zero-order valence-electron chi connectivity index (χ0n) is 11.1. The Morgan fingerprint density at radius 2 is 2.19 bits per heavy atom. The molecule has 0 saturated heterocycles. The number of anilines is 1. The first-order valence-electron chi connectivity index (χ1n) is 6.15. The Morgan fingerprint density at radius 3 is 2.76 bits per heavy atom. The van der Waals surface area contributed by atoms with Crippen LogP contribution >= 0.6 is 22.9 Å². The zero-order chi connectivity index (χ0) is 15.6. The fourth-order valence-electron chi connectivity index (χ4n) is 1.83. The third-order valence-electron chi connectivity index (χ3n) is 2.93. The molecule has 0 aliphatic rings. The predicted octanol–water partition coefficient (Wildman–Crippen LogP) is 3.55. The lowest BCUT2D eigenvalue weighted by Crippen LogP contribution is -2.28. The minimum absolute atomic E-state index is 0.199. The van der Waals surface area contributed by atoms with Crippen LogP contribution in [0.15, 0.2) is 34.5 Å². The lowest BCUT2D eigenvalue weighted by atomic mass is 10.2. The second kappa shape index (κ2) is 6.31. The second-order valence-corrected chi connectivity index (χ2v) is 7.47. The number of rotatable bonds is 5. The van der Waals surface area contributed by atoms with Crippen molar-refractivity contribution in [1.82, 2.24) is 4.72 Å². The molecule has 2 rings (SSSR count). The molecule has 3 N–H and O–H groups in total. The number of nitrogen functional groups attached to an aromatic ring is 1. The van der Waals surface area contributed by atoms with E-state index in [0.29, 0.717) is 6.42 Å². The van der Waals surface area contributed by atoms with E-state index in [4.69, 9.17) is 17.3 Å². The number of nitrogens with one attached hydrogen (secondary N) is 1. The highest BCUT2D eigenvalue weighted by atomic mass is 35.5. The maximum atomic E-state index is 13.3. The smallest absolute Gasteiger partial charge is 0.242 e. The molecule has 1 unspecified atom stereocenters. The van der Waals surface area contributed by atoms with Crippen LogP contribution in [0, 0.1) is 5.82 Å². The number of nitrogens with two attached hydrogens (primary N) is 1. The molecular formula is C13H14ClFN2O2S2. The maximum absolute atomic E-state index is 13.3. The van der Waals surface area contributed by atoms with Crippen molar-refractivity contribution in [2.75, 3.05) is 5.73 Å². The van der Waals surface area contributed by atoms with E-state index in [1.165, 1.54) is 11.3 Å². The maximum Gasteiger partial charge on any atom is 0.242 e. The Hall–Kier alpha value is -1.15. The summed E-state index contributed by atoms with van der Waals surface area (Å²) in [5.41, 5.74) is 5.16. The number of hydrogen-bond donors (Lipinski definition) is 2. The van der Waals surface area contributed by atoms with Crippen LogP contribution in [0.25, 0.3) is 0 Å². The number of hydrogen-bond acceptors (Lipinski definition) is 4. The van der Waals surface area contributed by atoms with E-state index in [2.05, 4.69) is 4.72 Å². The molecule has 0 amide bonds. The zero-order valence-corrected chi connectivity index (χ0v) is 13.5. The minimum atomic E-state index is -3.89. The topological polar surface area (TPSA) is 72.2 Å². The highest BCUT2D eigenvalue weighted by Crippen LogP contribution is 2.29. The number of thiophene rings is 1. The van der Waals surface area contributed by atoms with Gasteiger partial charge in [0.25, 0.3) is 0 Å². The summed E-state index contributed by atoms with van der Waals surface area (Å²) in [6.07, 6.45) is 0.577. The summed E-state index contributed by atoms with van der Waals surface area (Å²) in [5.74, 6) is -0.746. The van der Waals surface area contributed by atoms with Crippen molar-refractivity contribution in [3.05, 3.63) is 45.4 Å². The van der Waals surface area contributed by atoms with E-state index in [0.717, 1.165) is 17.0 Å². The summed E-state index contributed by atoms with van der Waals surface area (Å²) in [6, 6.07) is 5.26. The normalized spacial score (nSPS) is 13.3. The van der Waals surface area contributed by atoms with Crippen molar-refractivity contribution >= 4 is 38.6 Å². The number of sulfonamides is 1. The number of benzene rings is 1. The first kappa shape index (κ1) is 16.2. The number of halogens is 2. The van der Waals surface area contributed by atoms with Gasteiger partial charge in [-0.1, -0.05) is 24.6 Å². The van der Waals surface area contributed by atoms with E-state index in [9.17, 15) is 12.8 Å². The minimum Gasteiger partial charge on any atom is -0.396 e. The van der Waals surface area contributed by atoms with Gasteiger partial charge >= 0.3 is 0 Å². The molecule has 0 saturated carbocycles. The van der Waals surface area contributed by atoms with E-state index < -0.39 is 15.8 Å². The van der Waals surface area contributed by atoms with Gasteiger partial charge in [0.2, 0.25) is 10.0 Å². The molecule has 0 bridgehead atoms. The van der Waals surface area contributed by atoms with Crippen molar-refractivity contribution in [1.29, 1.82) is 0 Å². The van der Waals surface area contributed by atoms with Crippen molar-refractivity contribution in [3.8, 4) is 0 Å². The van der Waals surface area contributed by atoms with Gasteiger partial charge in [-0.05, 0) is 30.0 Å². The van der Waals surface area contributed by atoms with E-state index in [1.807, 2.05) is 24.4 Å². The lowest BCUT2D eigenvalue weighted by Gasteiger charge is -2.16. The quantitative estimate of drug-likeness (QED) is 0.811. The predicted molar refractivity (Wildman–Crippen MR) is 83.5 cm³/mol. The highest BCUT2D eigenvalue weighted by Gasteiger charge is 2.24. The summed E-state index contributed by atoms with van der Waals surface area (Å²) < 4.78 is 40.7. The molecule has 8 heteroatoms. The van der Waals surface area contributed by atoms with Crippen LogP contribution in [0.3, 0.4) is 0 Å². The Balaban J connectivity index is 2.36. The monoisotopic (exact) mass is 348 g/mol. The molecule has 4 nitrogen and oxygen atoms in total. The third kappa shape index (κ3) is 3.55. The van der Waals surface area contributed by atoms with Gasteiger partial charge < -0.3 is 5.73 Å². The van der Waals surface area contributed by atoms with Crippen LogP contribution in [-0.2, 0) is 10.0 Å². The molecule has 0 spiro atoms. The summed E-state index contributed by atoms with van der Waals surface area (Å²) in [5, 5.41) is 1.67. The van der Waals surface area contributed by atoms with Crippen molar-refractivity contribution in [2.24, 2.45) is 0 Å². The molecule has 1 atom stereocenters. The Kier molecular flexibility index (Phi) is 4.88. The van der Waals surface area contributed by atoms with Crippen molar-refractivity contribution in [2.45, 2.75) is 24.3 Å². The lowest BCUT2D eigenvalue weighted by molar-refractivity contribution is 0.553. The summed E-state index contributed by atoms with van der Waals surface area (Å²) >= 11 is 7.28. The van der Waals surface area contributed by atoms with E-state index >= 15 is 0 Å². The second-order valence-electron chi connectivity index (χ2n) is 4.40. The van der Waals surface area contributed by atoms with E-state index in [-0.39, 0.29) is 21.6 Å². The third-order valence-corrected chi connectivity index (χ3v) is 5.86. The van der Waals surface area contributed by atoms with E-state index in [1.54, 1.807) is 0 Å². The highest BCUT2D eigenvalue weighted by molar-refractivity contribution is 7.89. The van der Waals surface area contributed by atoms with Crippen LogP contribution in [0.5, 0.6) is 0 Å². The molecule has 21 heavy (non-hydrogen) atoms. The average molecular weight is 349 g/mol. The molecule has 0 fully saturated rings. The summed E-state index contributed by atoms with van der Waals surface area (Å²) in [4.78, 5) is 0.672.